The van der Waals surface area contributed by atoms with E-state index in [0.717, 1.165) is 22.3 Å². The Labute approximate surface area is 157 Å². The maximum Gasteiger partial charge on any atom is 0.273 e. The van der Waals surface area contributed by atoms with Gasteiger partial charge in [0, 0.05) is 17.7 Å². The number of H-pyrrole nitrogens is 1. The van der Waals surface area contributed by atoms with Gasteiger partial charge in [-0.05, 0) is 36.6 Å². The number of aromatic nitrogens is 2. The van der Waals surface area contributed by atoms with Crippen LogP contribution in [0.1, 0.15) is 38.8 Å². The van der Waals surface area contributed by atoms with Gasteiger partial charge in [0.25, 0.3) is 5.91 Å². The Morgan fingerprint density at radius 3 is 2.63 bits per heavy atom. The van der Waals surface area contributed by atoms with Crippen LogP contribution < -0.4 is 0 Å². The van der Waals surface area contributed by atoms with E-state index in [-0.39, 0.29) is 30.9 Å². The molecule has 1 amide bonds. The number of carbonyl (C=O) groups is 1. The number of nitrogens with one attached hydrogen (secondary N) is 1. The van der Waals surface area contributed by atoms with Gasteiger partial charge < -0.3 is 15.1 Å². The molecule has 3 N–H and O–H groups in total. The number of phenols is 1. The first-order valence-electron chi connectivity index (χ1n) is 8.88. The summed E-state index contributed by atoms with van der Waals surface area (Å²) in [5.41, 5.74) is 5.01. The van der Waals surface area contributed by atoms with Crippen molar-refractivity contribution < 1.29 is 15.0 Å². The van der Waals surface area contributed by atoms with E-state index in [0.29, 0.717) is 17.0 Å². The van der Waals surface area contributed by atoms with E-state index < -0.39 is 0 Å². The van der Waals surface area contributed by atoms with Crippen LogP contribution in [0.15, 0.2) is 42.5 Å². The maximum atomic E-state index is 12.9. The first kappa shape index (κ1) is 17.3. The summed E-state index contributed by atoms with van der Waals surface area (Å²) in [5, 5.41) is 27.3. The van der Waals surface area contributed by atoms with Crippen molar-refractivity contribution in [3.05, 3.63) is 70.4 Å². The van der Waals surface area contributed by atoms with Crippen molar-refractivity contribution in [2.24, 2.45) is 0 Å². The Bertz CT molecular complexity index is 1010. The lowest BCUT2D eigenvalue weighted by molar-refractivity contribution is 0.0706. The number of benzene rings is 2. The zero-order chi connectivity index (χ0) is 19.1. The monoisotopic (exact) mass is 363 g/mol. The Morgan fingerprint density at radius 1 is 1.19 bits per heavy atom. The molecule has 0 unspecified atom stereocenters. The van der Waals surface area contributed by atoms with Crippen molar-refractivity contribution in [1.29, 1.82) is 0 Å². The van der Waals surface area contributed by atoms with E-state index in [4.69, 9.17) is 0 Å². The second kappa shape index (κ2) is 6.55. The number of amides is 1. The predicted molar refractivity (Wildman–Crippen MR) is 102 cm³/mol. The number of aromatic hydroxyl groups is 1. The zero-order valence-corrected chi connectivity index (χ0v) is 15.2. The van der Waals surface area contributed by atoms with E-state index >= 15 is 0 Å². The molecule has 1 atom stereocenters. The molecule has 0 aliphatic carbocycles. The smallest absolute Gasteiger partial charge is 0.273 e. The lowest BCUT2D eigenvalue weighted by Crippen LogP contribution is -2.32. The standard InChI is InChI=1S/C21H21N3O3/c1-12-10-13(2)20(26)15(11-12)17-16-18(23-22-17)21(27)24(8-9-25)19(16)14-6-4-3-5-7-14/h3-7,10-11,19,25-26H,8-9H2,1-2H3,(H,22,23)/t19-/m1/s1. The van der Waals surface area contributed by atoms with Crippen molar-refractivity contribution in [2.45, 2.75) is 19.9 Å². The fraction of sp³-hybridized carbons (Fsp3) is 0.238. The average molecular weight is 363 g/mol. The number of phenolic OH excluding ortho intramolecular Hbond substituents is 1. The highest BCUT2D eigenvalue weighted by atomic mass is 16.3. The van der Waals surface area contributed by atoms with Crippen LogP contribution in [0.5, 0.6) is 5.75 Å². The number of hydrogen-bond acceptors (Lipinski definition) is 4. The summed E-state index contributed by atoms with van der Waals surface area (Å²) in [6, 6.07) is 13.1. The van der Waals surface area contributed by atoms with Crippen LogP contribution in [-0.4, -0.2) is 44.4 Å². The molecule has 0 radical (unpaired) electrons. The molecule has 6 nitrogen and oxygen atoms in total. The highest BCUT2D eigenvalue weighted by Crippen LogP contribution is 2.44. The molecular weight excluding hydrogens is 342 g/mol. The molecule has 2 aromatic carbocycles. The van der Waals surface area contributed by atoms with Crippen molar-refractivity contribution in [3.63, 3.8) is 0 Å². The number of carbonyl (C=O) groups excluding carboxylic acids is 1. The summed E-state index contributed by atoms with van der Waals surface area (Å²) in [6.07, 6.45) is 0. The number of rotatable bonds is 4. The van der Waals surface area contributed by atoms with Gasteiger partial charge in [-0.2, -0.15) is 5.10 Å². The van der Waals surface area contributed by atoms with Crippen LogP contribution >= 0.6 is 0 Å². The number of aryl methyl sites for hydroxylation is 2. The number of aromatic amines is 1. The van der Waals surface area contributed by atoms with E-state index in [9.17, 15) is 15.0 Å². The third kappa shape index (κ3) is 2.69. The van der Waals surface area contributed by atoms with E-state index in [1.54, 1.807) is 4.90 Å². The zero-order valence-electron chi connectivity index (χ0n) is 15.2. The van der Waals surface area contributed by atoms with Crippen LogP contribution in [0.4, 0.5) is 0 Å². The SMILES string of the molecule is Cc1cc(C)c(O)c(-c2n[nH]c3c2[C@@H](c2ccccc2)N(CCO)C3=O)c1. The maximum absolute atomic E-state index is 12.9. The Balaban J connectivity index is 1.95. The van der Waals surface area contributed by atoms with Crippen molar-refractivity contribution in [3.8, 4) is 17.0 Å². The minimum absolute atomic E-state index is 0.128. The van der Waals surface area contributed by atoms with E-state index in [1.165, 1.54) is 0 Å². The Kier molecular flexibility index (Phi) is 4.20. The first-order valence-corrected chi connectivity index (χ1v) is 8.88. The number of β-amino-alcohol motifs (C(OH)–C–C–N with tert-alkyl or cyclic N) is 1. The quantitative estimate of drug-likeness (QED) is 0.665. The van der Waals surface area contributed by atoms with Gasteiger partial charge in [0.05, 0.1) is 12.6 Å². The highest BCUT2D eigenvalue weighted by molar-refractivity contribution is 6.00. The third-order valence-electron chi connectivity index (χ3n) is 5.02. The fourth-order valence-corrected chi connectivity index (χ4v) is 3.86. The molecule has 0 spiro atoms. The number of aliphatic hydroxyl groups excluding tert-OH is 1. The van der Waals surface area contributed by atoms with Crippen LogP contribution in [-0.2, 0) is 0 Å². The second-order valence-electron chi connectivity index (χ2n) is 6.87. The molecule has 0 saturated heterocycles. The minimum atomic E-state index is -0.366. The topological polar surface area (TPSA) is 89.5 Å². The molecule has 1 aliphatic heterocycles. The average Bonchev–Trinajstić information content (AvgIpc) is 3.19. The van der Waals surface area contributed by atoms with Gasteiger partial charge in [0.1, 0.15) is 17.1 Å². The molecule has 4 rings (SSSR count). The summed E-state index contributed by atoms with van der Waals surface area (Å²) >= 11 is 0. The highest BCUT2D eigenvalue weighted by Gasteiger charge is 2.42. The molecule has 0 saturated carbocycles. The molecular formula is C21H21N3O3. The molecule has 3 aromatic rings. The van der Waals surface area contributed by atoms with Crippen molar-refractivity contribution in [1.82, 2.24) is 15.1 Å². The minimum Gasteiger partial charge on any atom is -0.507 e. The number of hydrogen-bond donors (Lipinski definition) is 3. The van der Waals surface area contributed by atoms with Crippen LogP contribution in [0.2, 0.25) is 0 Å². The van der Waals surface area contributed by atoms with Gasteiger partial charge in [-0.15, -0.1) is 0 Å². The molecule has 138 valence electrons. The van der Waals surface area contributed by atoms with Gasteiger partial charge in [-0.1, -0.05) is 36.4 Å². The molecule has 0 fully saturated rings. The Morgan fingerprint density at radius 2 is 1.93 bits per heavy atom. The van der Waals surface area contributed by atoms with Gasteiger partial charge >= 0.3 is 0 Å². The van der Waals surface area contributed by atoms with E-state index in [1.807, 2.05) is 56.3 Å². The number of nitrogens with zero attached hydrogens (tertiary/aromatic N) is 2. The van der Waals surface area contributed by atoms with Crippen LogP contribution in [0, 0.1) is 13.8 Å². The van der Waals surface area contributed by atoms with E-state index in [2.05, 4.69) is 10.2 Å². The van der Waals surface area contributed by atoms with Gasteiger partial charge in [-0.25, -0.2) is 0 Å². The van der Waals surface area contributed by atoms with Crippen molar-refractivity contribution in [2.75, 3.05) is 13.2 Å². The summed E-state index contributed by atoms with van der Waals surface area (Å²) in [4.78, 5) is 14.6. The number of fused-ring (bicyclic) bond motifs is 1. The summed E-state index contributed by atoms with van der Waals surface area (Å²) in [6.45, 7) is 3.90. The summed E-state index contributed by atoms with van der Waals surface area (Å²) < 4.78 is 0. The lowest BCUT2D eigenvalue weighted by atomic mass is 9.94. The molecule has 6 heteroatoms. The first-order chi connectivity index (χ1) is 13.0. The largest absolute Gasteiger partial charge is 0.507 e. The van der Waals surface area contributed by atoms with Crippen molar-refractivity contribution >= 4 is 5.91 Å². The second-order valence-corrected chi connectivity index (χ2v) is 6.87. The van der Waals surface area contributed by atoms with Crippen LogP contribution in [0.25, 0.3) is 11.3 Å². The third-order valence-corrected chi connectivity index (χ3v) is 5.02. The summed E-state index contributed by atoms with van der Waals surface area (Å²) in [5.74, 6) is -0.0368. The molecule has 0 bridgehead atoms. The summed E-state index contributed by atoms with van der Waals surface area (Å²) in [7, 11) is 0. The molecule has 2 heterocycles. The van der Waals surface area contributed by atoms with Crippen LogP contribution in [0.3, 0.4) is 0 Å². The molecule has 1 aliphatic rings. The predicted octanol–water partition coefficient (Wildman–Crippen LogP) is 2.94. The fourth-order valence-electron chi connectivity index (χ4n) is 3.86. The Hall–Kier alpha value is -3.12. The van der Waals surface area contributed by atoms with Gasteiger partial charge in [-0.3, -0.25) is 9.89 Å². The normalized spacial score (nSPS) is 16.0. The molecule has 27 heavy (non-hydrogen) atoms. The van der Waals surface area contributed by atoms with Gasteiger partial charge in [0.2, 0.25) is 0 Å². The van der Waals surface area contributed by atoms with Gasteiger partial charge in [0.15, 0.2) is 0 Å². The molecule has 1 aromatic heterocycles. The lowest BCUT2D eigenvalue weighted by Gasteiger charge is -2.25. The number of aliphatic hydroxyl groups is 1.